The number of hydrogen-bond donors (Lipinski definition) is 2. The molecule has 0 heterocycles. The summed E-state index contributed by atoms with van der Waals surface area (Å²) in [5.74, 6) is -1.13. The molecule has 0 unspecified atom stereocenters. The van der Waals surface area contributed by atoms with Crippen LogP contribution in [0, 0.1) is 5.82 Å². The number of amides is 2. The van der Waals surface area contributed by atoms with Crippen molar-refractivity contribution in [1.29, 1.82) is 0 Å². The van der Waals surface area contributed by atoms with Gasteiger partial charge in [-0.2, -0.15) is 0 Å². The van der Waals surface area contributed by atoms with Gasteiger partial charge < -0.3 is 15.8 Å². The van der Waals surface area contributed by atoms with E-state index in [0.29, 0.717) is 12.4 Å². The number of nitrogens with one attached hydrogen (secondary N) is 1. The van der Waals surface area contributed by atoms with Crippen LogP contribution in [0.5, 0.6) is 5.75 Å². The van der Waals surface area contributed by atoms with E-state index in [1.165, 1.54) is 18.2 Å². The molecule has 3 N–H and O–H groups in total. The average Bonchev–Trinajstić information content (AvgIpc) is 2.73. The summed E-state index contributed by atoms with van der Waals surface area (Å²) in [6.07, 6.45) is 0.193. The predicted molar refractivity (Wildman–Crippen MR) is 108 cm³/mol. The standard InChI is InChI=1S/C23H21FN2O3/c24-19-10-5-9-18(14-19)23(28)26-21(22(25)27)13-17-8-4-11-20(12-17)29-15-16-6-2-1-3-7-16/h1-12,14,21H,13,15H2,(H2,25,27)(H,26,28)/t21-/m0/s1. The fourth-order valence-electron chi connectivity index (χ4n) is 2.83. The van der Waals surface area contributed by atoms with Crippen LogP contribution in [0.1, 0.15) is 21.5 Å². The normalized spacial score (nSPS) is 11.5. The van der Waals surface area contributed by atoms with Crippen LogP contribution in [0.15, 0.2) is 78.9 Å². The van der Waals surface area contributed by atoms with E-state index in [-0.39, 0.29) is 12.0 Å². The van der Waals surface area contributed by atoms with Gasteiger partial charge in [-0.05, 0) is 41.5 Å². The van der Waals surface area contributed by atoms with E-state index >= 15 is 0 Å². The topological polar surface area (TPSA) is 81.4 Å². The molecule has 3 aromatic carbocycles. The third kappa shape index (κ3) is 5.90. The van der Waals surface area contributed by atoms with E-state index in [2.05, 4.69) is 5.32 Å². The summed E-state index contributed by atoms with van der Waals surface area (Å²) in [6, 6.07) is 21.3. The fourth-order valence-corrected chi connectivity index (χ4v) is 2.83. The second-order valence-corrected chi connectivity index (χ2v) is 6.56. The fraction of sp³-hybridized carbons (Fsp3) is 0.130. The molecular weight excluding hydrogens is 371 g/mol. The first-order valence-electron chi connectivity index (χ1n) is 9.12. The van der Waals surface area contributed by atoms with Gasteiger partial charge in [0.05, 0.1) is 0 Å². The van der Waals surface area contributed by atoms with Crippen LogP contribution in [-0.2, 0) is 17.8 Å². The summed E-state index contributed by atoms with van der Waals surface area (Å²) < 4.78 is 19.1. The molecule has 2 amide bonds. The summed E-state index contributed by atoms with van der Waals surface area (Å²) in [5, 5.41) is 2.56. The minimum absolute atomic E-state index is 0.121. The van der Waals surface area contributed by atoms with Gasteiger partial charge in [0, 0.05) is 12.0 Å². The molecule has 0 saturated carbocycles. The van der Waals surface area contributed by atoms with Crippen molar-refractivity contribution in [1.82, 2.24) is 5.32 Å². The number of halogens is 1. The first-order chi connectivity index (χ1) is 14.0. The Bertz CT molecular complexity index is 992. The van der Waals surface area contributed by atoms with Gasteiger partial charge in [-0.1, -0.05) is 48.5 Å². The third-order valence-electron chi connectivity index (χ3n) is 4.32. The van der Waals surface area contributed by atoms with Gasteiger partial charge in [-0.3, -0.25) is 9.59 Å². The molecule has 1 atom stereocenters. The lowest BCUT2D eigenvalue weighted by atomic mass is 10.0. The van der Waals surface area contributed by atoms with Gasteiger partial charge in [0.1, 0.15) is 24.2 Å². The molecule has 6 heteroatoms. The lowest BCUT2D eigenvalue weighted by Crippen LogP contribution is -2.45. The van der Waals surface area contributed by atoms with Crippen LogP contribution in [0.4, 0.5) is 4.39 Å². The smallest absolute Gasteiger partial charge is 0.252 e. The minimum atomic E-state index is -0.935. The van der Waals surface area contributed by atoms with Crippen LogP contribution in [0.25, 0.3) is 0 Å². The number of hydrogen-bond acceptors (Lipinski definition) is 3. The van der Waals surface area contributed by atoms with Gasteiger partial charge in [0.15, 0.2) is 0 Å². The zero-order valence-electron chi connectivity index (χ0n) is 15.7. The highest BCUT2D eigenvalue weighted by Gasteiger charge is 2.20. The van der Waals surface area contributed by atoms with E-state index in [0.717, 1.165) is 17.2 Å². The van der Waals surface area contributed by atoms with Crippen molar-refractivity contribution in [2.45, 2.75) is 19.1 Å². The Morgan fingerprint density at radius 1 is 0.931 bits per heavy atom. The summed E-state index contributed by atoms with van der Waals surface area (Å²) in [7, 11) is 0. The number of carbonyl (C=O) groups is 2. The number of benzene rings is 3. The lowest BCUT2D eigenvalue weighted by molar-refractivity contribution is -0.119. The Kier molecular flexibility index (Phi) is 6.58. The quantitative estimate of drug-likeness (QED) is 0.618. The van der Waals surface area contributed by atoms with E-state index in [1.807, 2.05) is 48.5 Å². The van der Waals surface area contributed by atoms with Gasteiger partial charge in [0.2, 0.25) is 5.91 Å². The predicted octanol–water partition coefficient (Wildman–Crippen LogP) is 3.23. The van der Waals surface area contributed by atoms with Crippen LogP contribution in [0.3, 0.4) is 0 Å². The number of rotatable bonds is 8. The van der Waals surface area contributed by atoms with Crippen LogP contribution in [0.2, 0.25) is 0 Å². The summed E-state index contributed by atoms with van der Waals surface area (Å²) in [5.41, 5.74) is 7.39. The Hall–Kier alpha value is -3.67. The number of nitrogens with two attached hydrogens (primary N) is 1. The molecule has 0 aromatic heterocycles. The molecule has 0 saturated heterocycles. The molecule has 0 aliphatic carbocycles. The minimum Gasteiger partial charge on any atom is -0.489 e. The first-order valence-corrected chi connectivity index (χ1v) is 9.12. The molecule has 0 aliphatic heterocycles. The highest BCUT2D eigenvalue weighted by atomic mass is 19.1. The maximum atomic E-state index is 13.3. The average molecular weight is 392 g/mol. The van der Waals surface area contributed by atoms with Crippen molar-refractivity contribution in [3.8, 4) is 5.75 Å². The molecule has 148 valence electrons. The van der Waals surface area contributed by atoms with Gasteiger partial charge in [-0.25, -0.2) is 4.39 Å². The Morgan fingerprint density at radius 2 is 1.66 bits per heavy atom. The third-order valence-corrected chi connectivity index (χ3v) is 4.32. The van der Waals surface area contributed by atoms with Crippen molar-refractivity contribution in [2.75, 3.05) is 0 Å². The first kappa shape index (κ1) is 20.1. The summed E-state index contributed by atoms with van der Waals surface area (Å²) in [4.78, 5) is 24.2. The number of primary amides is 1. The molecule has 0 radical (unpaired) electrons. The van der Waals surface area contributed by atoms with Crippen molar-refractivity contribution >= 4 is 11.8 Å². The lowest BCUT2D eigenvalue weighted by Gasteiger charge is -2.16. The number of ether oxygens (including phenoxy) is 1. The van der Waals surface area contributed by atoms with Crippen LogP contribution >= 0.6 is 0 Å². The van der Waals surface area contributed by atoms with Gasteiger partial charge in [-0.15, -0.1) is 0 Å². The van der Waals surface area contributed by atoms with E-state index < -0.39 is 23.7 Å². The molecule has 29 heavy (non-hydrogen) atoms. The van der Waals surface area contributed by atoms with Gasteiger partial charge in [0.25, 0.3) is 5.91 Å². The van der Waals surface area contributed by atoms with E-state index in [4.69, 9.17) is 10.5 Å². The monoisotopic (exact) mass is 392 g/mol. The largest absolute Gasteiger partial charge is 0.489 e. The van der Waals surface area contributed by atoms with Crippen molar-refractivity contribution in [2.24, 2.45) is 5.73 Å². The summed E-state index contributed by atoms with van der Waals surface area (Å²) >= 11 is 0. The second-order valence-electron chi connectivity index (χ2n) is 6.56. The zero-order chi connectivity index (χ0) is 20.6. The molecule has 0 aliphatic rings. The molecule has 3 rings (SSSR count). The maximum Gasteiger partial charge on any atom is 0.252 e. The molecule has 0 spiro atoms. The zero-order valence-corrected chi connectivity index (χ0v) is 15.7. The highest BCUT2D eigenvalue weighted by Crippen LogP contribution is 2.17. The van der Waals surface area contributed by atoms with Crippen LogP contribution < -0.4 is 15.8 Å². The van der Waals surface area contributed by atoms with Crippen molar-refractivity contribution in [3.63, 3.8) is 0 Å². The Balaban J connectivity index is 1.65. The highest BCUT2D eigenvalue weighted by molar-refractivity contribution is 5.97. The Labute approximate surface area is 168 Å². The SMILES string of the molecule is NC(=O)[C@H](Cc1cccc(OCc2ccccc2)c1)NC(=O)c1cccc(F)c1. The Morgan fingerprint density at radius 3 is 2.38 bits per heavy atom. The molecule has 0 fully saturated rings. The molecule has 0 bridgehead atoms. The molecular formula is C23H21FN2O3. The van der Waals surface area contributed by atoms with E-state index in [1.54, 1.807) is 6.07 Å². The van der Waals surface area contributed by atoms with E-state index in [9.17, 15) is 14.0 Å². The maximum absolute atomic E-state index is 13.3. The second kappa shape index (κ2) is 9.50. The van der Waals surface area contributed by atoms with Gasteiger partial charge >= 0.3 is 0 Å². The number of carbonyl (C=O) groups excluding carboxylic acids is 2. The van der Waals surface area contributed by atoms with Crippen molar-refractivity contribution in [3.05, 3.63) is 101 Å². The van der Waals surface area contributed by atoms with Crippen LogP contribution in [-0.4, -0.2) is 17.9 Å². The van der Waals surface area contributed by atoms with Crippen molar-refractivity contribution < 1.29 is 18.7 Å². The summed E-state index contributed by atoms with van der Waals surface area (Å²) in [6.45, 7) is 0.417. The molecule has 3 aromatic rings. The molecule has 5 nitrogen and oxygen atoms in total.